The highest BCUT2D eigenvalue weighted by atomic mass is 32.1. The van der Waals surface area contributed by atoms with Gasteiger partial charge in [0.05, 0.1) is 63.9 Å². The molecule has 0 aliphatic carbocycles. The number of amides is 4. The summed E-state index contributed by atoms with van der Waals surface area (Å²) in [7, 11) is 1.40. The number of hydrogen-bond donors (Lipinski definition) is 4. The van der Waals surface area contributed by atoms with Crippen molar-refractivity contribution < 1.29 is 38.2 Å². The first-order valence-electron chi connectivity index (χ1n) is 24.5. The Labute approximate surface area is 438 Å². The maximum Gasteiger partial charge on any atom is 0.274 e. The Balaban J connectivity index is 0.906. The molecule has 2 saturated heterocycles. The molecule has 0 bridgehead atoms. The number of nitrogens with one attached hydrogen (secondary N) is 3. The molecule has 3 aromatic carbocycles. The van der Waals surface area contributed by atoms with Crippen LogP contribution in [0, 0.1) is 29.5 Å². The number of rotatable bonds is 17. The van der Waals surface area contributed by atoms with E-state index in [1.165, 1.54) is 37.7 Å². The Morgan fingerprint density at radius 1 is 0.973 bits per heavy atom. The van der Waals surface area contributed by atoms with Crippen LogP contribution in [0.1, 0.15) is 67.3 Å². The van der Waals surface area contributed by atoms with E-state index in [9.17, 15) is 38.7 Å². The second-order valence-electron chi connectivity index (χ2n) is 19.6. The monoisotopic (exact) mass is 1040 g/mol. The summed E-state index contributed by atoms with van der Waals surface area (Å²) < 4.78 is 20.3. The van der Waals surface area contributed by atoms with Crippen LogP contribution in [0.25, 0.3) is 33.0 Å². The highest BCUT2D eigenvalue weighted by Gasteiger charge is 2.48. The lowest BCUT2D eigenvalue weighted by molar-refractivity contribution is -0.136. The molecule has 20 heteroatoms. The van der Waals surface area contributed by atoms with Crippen molar-refractivity contribution in [3.8, 4) is 44.8 Å². The summed E-state index contributed by atoms with van der Waals surface area (Å²) >= 11 is 1.56. The molecule has 2 aliphatic heterocycles. The van der Waals surface area contributed by atoms with Gasteiger partial charge in [-0.2, -0.15) is 5.26 Å². The first-order chi connectivity index (χ1) is 36.0. The zero-order chi connectivity index (χ0) is 53.4. The number of pyridine rings is 1. The Hall–Kier alpha value is -7.99. The van der Waals surface area contributed by atoms with Gasteiger partial charge in [0, 0.05) is 82.8 Å². The molecule has 4 N–H and O–H groups in total. The van der Waals surface area contributed by atoms with E-state index in [2.05, 4.69) is 42.0 Å². The lowest BCUT2D eigenvalue weighted by Gasteiger charge is -2.44. The number of piperazine rings is 1. The van der Waals surface area contributed by atoms with Crippen molar-refractivity contribution in [2.45, 2.75) is 71.2 Å². The highest BCUT2D eigenvalue weighted by Crippen LogP contribution is 2.36. The van der Waals surface area contributed by atoms with Crippen LogP contribution in [0.4, 0.5) is 15.8 Å². The first kappa shape index (κ1) is 53.3. The Bertz CT molecular complexity index is 3130. The van der Waals surface area contributed by atoms with Crippen molar-refractivity contribution in [3.63, 3.8) is 0 Å². The van der Waals surface area contributed by atoms with Crippen LogP contribution in [0.2, 0.25) is 0 Å². The van der Waals surface area contributed by atoms with Crippen LogP contribution in [-0.4, -0.2) is 129 Å². The first-order valence-corrected chi connectivity index (χ1v) is 25.3. The third-order valence-electron chi connectivity index (χ3n) is 13.8. The summed E-state index contributed by atoms with van der Waals surface area (Å²) in [5.41, 5.74) is 4.95. The van der Waals surface area contributed by atoms with Gasteiger partial charge in [-0.1, -0.05) is 57.2 Å². The van der Waals surface area contributed by atoms with E-state index < -0.39 is 40.7 Å². The van der Waals surface area contributed by atoms with Crippen molar-refractivity contribution in [2.75, 3.05) is 56.6 Å². The van der Waals surface area contributed by atoms with E-state index in [0.717, 1.165) is 21.7 Å². The molecule has 4 amide bonds. The number of anilines is 2. The number of nitrogens with zero attached hydrogens (tertiary/aromatic N) is 8. The van der Waals surface area contributed by atoms with Gasteiger partial charge >= 0.3 is 0 Å². The normalized spacial score (nSPS) is 16.6. The van der Waals surface area contributed by atoms with Crippen LogP contribution in [-0.2, 0) is 25.7 Å². The number of thiazole rings is 1. The molecule has 75 heavy (non-hydrogen) atoms. The number of methoxy groups -OCH3 is 1. The number of halogens is 1. The lowest BCUT2D eigenvalue weighted by Crippen LogP contribution is -2.65. The summed E-state index contributed by atoms with van der Waals surface area (Å²) in [5.74, 6) is -2.16. The standard InChI is InChI=1S/C55H58FN11O7S/c1-34-50(75-33-61-34)36-11-9-35(10-12-36)28-60-53(73)45-26-39(69)30-67(45)31-55(32-68,54(2,3)4)64-47(70)15-16-48(71)66-23-21-65(22-24-66)44-25-37(40-29-58-19-17-38(40)27-57)13-14-42(44)63-52(72)43-18-20-59-51(62-43)49-41(56)7-6-8-46(49)74-5/h6-14,17-20,25,29,32-33,39,45,69H,15-16,21-24,26,28,30-31H2,1-5H3,(H,60,73)(H,63,72)(H,64,70)/t39-,45+,55+/m1/s1. The molecule has 388 valence electrons. The summed E-state index contributed by atoms with van der Waals surface area (Å²) in [6.07, 6.45) is 4.13. The zero-order valence-corrected chi connectivity index (χ0v) is 43.1. The number of carbonyl (C=O) groups excluding carboxylic acids is 5. The molecule has 2 aliphatic rings. The average Bonchev–Trinajstić information content (AvgIpc) is 4.02. The fraction of sp³-hybridized carbons (Fsp3) is 0.345. The van der Waals surface area contributed by atoms with Gasteiger partial charge in [-0.3, -0.25) is 29.1 Å². The summed E-state index contributed by atoms with van der Waals surface area (Å²) in [6, 6.07) is 21.9. The number of nitriles is 1. The molecule has 0 radical (unpaired) electrons. The van der Waals surface area contributed by atoms with Crippen molar-refractivity contribution in [2.24, 2.45) is 5.41 Å². The number of hydrogen-bond acceptors (Lipinski definition) is 15. The van der Waals surface area contributed by atoms with E-state index in [4.69, 9.17) is 4.74 Å². The fourth-order valence-corrected chi connectivity index (χ4v) is 10.2. The van der Waals surface area contributed by atoms with Crippen molar-refractivity contribution in [1.82, 2.24) is 40.4 Å². The predicted octanol–water partition coefficient (Wildman–Crippen LogP) is 6.19. The lowest BCUT2D eigenvalue weighted by atomic mass is 9.73. The molecule has 8 rings (SSSR count). The molecular formula is C55H58FN11O7S. The van der Waals surface area contributed by atoms with Crippen LogP contribution in [0.3, 0.4) is 0 Å². The Morgan fingerprint density at radius 3 is 2.43 bits per heavy atom. The molecule has 0 spiro atoms. The third kappa shape index (κ3) is 12.0. The predicted molar refractivity (Wildman–Crippen MR) is 281 cm³/mol. The van der Waals surface area contributed by atoms with Gasteiger partial charge in [0.2, 0.25) is 17.7 Å². The fourth-order valence-electron chi connectivity index (χ4n) is 9.37. The molecule has 2 fully saturated rings. The number of benzene rings is 3. The van der Waals surface area contributed by atoms with Crippen molar-refractivity contribution in [3.05, 3.63) is 125 Å². The number of aromatic nitrogens is 4. The van der Waals surface area contributed by atoms with E-state index in [-0.39, 0.29) is 86.6 Å². The smallest absolute Gasteiger partial charge is 0.274 e. The van der Waals surface area contributed by atoms with Gasteiger partial charge in [-0.15, -0.1) is 11.3 Å². The number of β-amino-alcohol motifs (C(OH)–C–C–N with tert-alkyl or cyclic N) is 1. The number of aliphatic hydroxyl groups excluding tert-OH is 1. The minimum atomic E-state index is -1.49. The van der Waals surface area contributed by atoms with Gasteiger partial charge in [-0.25, -0.2) is 19.3 Å². The maximum atomic E-state index is 15.0. The second kappa shape index (κ2) is 23.1. The zero-order valence-electron chi connectivity index (χ0n) is 42.3. The molecule has 0 saturated carbocycles. The third-order valence-corrected chi connectivity index (χ3v) is 14.8. The number of aliphatic hydroxyl groups is 1. The van der Waals surface area contributed by atoms with Crippen molar-refractivity contribution >= 4 is 52.6 Å². The summed E-state index contributed by atoms with van der Waals surface area (Å²) in [4.78, 5) is 91.9. The van der Waals surface area contributed by atoms with E-state index >= 15 is 0 Å². The van der Waals surface area contributed by atoms with Crippen LogP contribution in [0.5, 0.6) is 5.75 Å². The maximum absolute atomic E-state index is 15.0. The number of likely N-dealkylation sites (tertiary alicyclic amines) is 1. The second-order valence-corrected chi connectivity index (χ2v) is 20.4. The van der Waals surface area contributed by atoms with Crippen LogP contribution in [0.15, 0.2) is 96.9 Å². The molecule has 3 aromatic heterocycles. The van der Waals surface area contributed by atoms with Crippen LogP contribution < -0.4 is 25.6 Å². The van der Waals surface area contributed by atoms with Gasteiger partial charge in [0.25, 0.3) is 5.91 Å². The van der Waals surface area contributed by atoms with E-state index in [1.54, 1.807) is 57.1 Å². The minimum absolute atomic E-state index is 0.00386. The Morgan fingerprint density at radius 2 is 1.73 bits per heavy atom. The largest absolute Gasteiger partial charge is 0.496 e. The SMILES string of the molecule is COc1cccc(F)c1-c1nccc(C(=O)Nc2ccc(-c3cnccc3C#N)cc2N2CCN(C(=O)CCC(=O)N[C@](C=O)(CN3C[C@H](O)C[C@H]3C(=O)NCc3ccc(-c4scnc4C)cc3)C(C)(C)C)CC2)n1. The minimum Gasteiger partial charge on any atom is -0.496 e. The van der Waals surface area contributed by atoms with Crippen molar-refractivity contribution in [1.29, 1.82) is 5.26 Å². The molecule has 5 heterocycles. The quantitative estimate of drug-likeness (QED) is 0.0746. The average molecular weight is 1040 g/mol. The molecule has 3 atom stereocenters. The molecule has 6 aromatic rings. The summed E-state index contributed by atoms with van der Waals surface area (Å²) in [5, 5.41) is 29.5. The van der Waals surface area contributed by atoms with Gasteiger partial charge in [-0.05, 0) is 71.8 Å². The van der Waals surface area contributed by atoms with Gasteiger partial charge < -0.3 is 40.4 Å². The number of carbonyl (C=O) groups is 5. The van der Waals surface area contributed by atoms with E-state index in [0.29, 0.717) is 47.4 Å². The van der Waals surface area contributed by atoms with Crippen LogP contribution >= 0.6 is 11.3 Å². The molecule has 18 nitrogen and oxygen atoms in total. The number of aldehydes is 1. The van der Waals surface area contributed by atoms with Gasteiger partial charge in [0.15, 0.2) is 5.82 Å². The Kier molecular flexibility index (Phi) is 16.4. The molecular weight excluding hydrogens is 978 g/mol. The van der Waals surface area contributed by atoms with E-state index in [1.807, 2.05) is 62.9 Å². The number of ether oxygens (including phenoxy) is 1. The molecule has 0 unspecified atom stereocenters. The number of aryl methyl sites for hydroxylation is 1. The van der Waals surface area contributed by atoms with Gasteiger partial charge in [0.1, 0.15) is 29.1 Å². The topological polar surface area (TPSA) is 236 Å². The summed E-state index contributed by atoms with van der Waals surface area (Å²) in [6.45, 7) is 8.93. The highest BCUT2D eigenvalue weighted by molar-refractivity contribution is 7.13.